The molecule has 2 amide bonds. The van der Waals surface area contributed by atoms with Gasteiger partial charge in [-0.3, -0.25) is 14.4 Å². The lowest BCUT2D eigenvalue weighted by molar-refractivity contribution is -0.153. The zero-order valence-electron chi connectivity index (χ0n) is 15.1. The molecule has 2 aromatic rings. The SMILES string of the molecule is CC(CC(=O)OC(C)C(=O)Nc1cccc(F)c1)NC(=O)c1ccccc1. The van der Waals surface area contributed by atoms with Gasteiger partial charge in [-0.1, -0.05) is 24.3 Å². The molecule has 2 N–H and O–H groups in total. The van der Waals surface area contributed by atoms with E-state index in [1.807, 2.05) is 0 Å². The third-order valence-corrected chi connectivity index (χ3v) is 3.66. The van der Waals surface area contributed by atoms with Crippen molar-refractivity contribution in [3.05, 3.63) is 66.0 Å². The van der Waals surface area contributed by atoms with Crippen LogP contribution in [0.25, 0.3) is 0 Å². The van der Waals surface area contributed by atoms with Gasteiger partial charge in [0.1, 0.15) is 5.82 Å². The van der Waals surface area contributed by atoms with Crippen LogP contribution >= 0.6 is 0 Å². The molecule has 0 aliphatic rings. The van der Waals surface area contributed by atoms with Gasteiger partial charge in [-0.05, 0) is 44.2 Å². The minimum atomic E-state index is -1.06. The van der Waals surface area contributed by atoms with Gasteiger partial charge in [0, 0.05) is 17.3 Å². The van der Waals surface area contributed by atoms with Gasteiger partial charge in [0.25, 0.3) is 11.8 Å². The number of amides is 2. The minimum Gasteiger partial charge on any atom is -0.452 e. The topological polar surface area (TPSA) is 84.5 Å². The summed E-state index contributed by atoms with van der Waals surface area (Å²) in [7, 11) is 0. The number of benzene rings is 2. The number of rotatable bonds is 7. The molecule has 0 saturated heterocycles. The Morgan fingerprint density at radius 2 is 1.74 bits per heavy atom. The van der Waals surface area contributed by atoms with Crippen molar-refractivity contribution in [2.45, 2.75) is 32.4 Å². The molecule has 0 spiro atoms. The van der Waals surface area contributed by atoms with Crippen LogP contribution in [-0.2, 0) is 14.3 Å². The van der Waals surface area contributed by atoms with Crippen molar-refractivity contribution >= 4 is 23.5 Å². The van der Waals surface area contributed by atoms with Crippen molar-refractivity contribution in [1.82, 2.24) is 5.32 Å². The number of hydrogen-bond donors (Lipinski definition) is 2. The van der Waals surface area contributed by atoms with Gasteiger partial charge in [0.2, 0.25) is 0 Å². The first-order valence-corrected chi connectivity index (χ1v) is 8.47. The van der Waals surface area contributed by atoms with E-state index in [0.717, 1.165) is 6.07 Å². The molecule has 0 bridgehead atoms. The number of halogens is 1. The van der Waals surface area contributed by atoms with Crippen LogP contribution in [0.3, 0.4) is 0 Å². The molecule has 2 unspecified atom stereocenters. The molecule has 0 aromatic heterocycles. The molecular weight excluding hydrogens is 351 g/mol. The molecule has 0 saturated carbocycles. The highest BCUT2D eigenvalue weighted by Crippen LogP contribution is 2.10. The smallest absolute Gasteiger partial charge is 0.308 e. The van der Waals surface area contributed by atoms with E-state index in [9.17, 15) is 18.8 Å². The molecule has 142 valence electrons. The highest BCUT2D eigenvalue weighted by molar-refractivity contribution is 5.95. The lowest BCUT2D eigenvalue weighted by atomic mass is 10.2. The molecule has 7 heteroatoms. The van der Waals surface area contributed by atoms with E-state index in [0.29, 0.717) is 5.56 Å². The van der Waals surface area contributed by atoms with Crippen molar-refractivity contribution in [3.8, 4) is 0 Å². The maximum Gasteiger partial charge on any atom is 0.308 e. The van der Waals surface area contributed by atoms with Gasteiger partial charge in [-0.2, -0.15) is 0 Å². The Morgan fingerprint density at radius 1 is 1.04 bits per heavy atom. The molecule has 0 radical (unpaired) electrons. The summed E-state index contributed by atoms with van der Waals surface area (Å²) in [5, 5.41) is 5.16. The molecule has 0 heterocycles. The summed E-state index contributed by atoms with van der Waals surface area (Å²) in [6.07, 6.45) is -1.14. The van der Waals surface area contributed by atoms with Crippen molar-refractivity contribution in [3.63, 3.8) is 0 Å². The fraction of sp³-hybridized carbons (Fsp3) is 0.250. The van der Waals surface area contributed by atoms with Crippen molar-refractivity contribution in [2.75, 3.05) is 5.32 Å². The largest absolute Gasteiger partial charge is 0.452 e. The summed E-state index contributed by atoms with van der Waals surface area (Å²) >= 11 is 0. The fourth-order valence-electron chi connectivity index (χ4n) is 2.31. The summed E-state index contributed by atoms with van der Waals surface area (Å²) in [6.45, 7) is 3.08. The number of ether oxygens (including phenoxy) is 1. The van der Waals surface area contributed by atoms with E-state index in [4.69, 9.17) is 4.74 Å². The predicted molar refractivity (Wildman–Crippen MR) is 98.6 cm³/mol. The third kappa shape index (κ3) is 6.54. The van der Waals surface area contributed by atoms with Crippen LogP contribution < -0.4 is 10.6 Å². The van der Waals surface area contributed by atoms with E-state index in [-0.39, 0.29) is 18.0 Å². The first-order valence-electron chi connectivity index (χ1n) is 8.47. The first-order chi connectivity index (χ1) is 12.8. The number of esters is 1. The number of carbonyl (C=O) groups is 3. The minimum absolute atomic E-state index is 0.0871. The van der Waals surface area contributed by atoms with Crippen LogP contribution in [0.15, 0.2) is 54.6 Å². The zero-order chi connectivity index (χ0) is 19.8. The van der Waals surface area contributed by atoms with Crippen LogP contribution in [-0.4, -0.2) is 29.9 Å². The average Bonchev–Trinajstić information content (AvgIpc) is 2.62. The highest BCUT2D eigenvalue weighted by Gasteiger charge is 2.20. The van der Waals surface area contributed by atoms with Crippen LogP contribution in [0.4, 0.5) is 10.1 Å². The van der Waals surface area contributed by atoms with Crippen LogP contribution in [0.5, 0.6) is 0 Å². The summed E-state index contributed by atoms with van der Waals surface area (Å²) in [4.78, 5) is 36.0. The lowest BCUT2D eigenvalue weighted by Crippen LogP contribution is -2.36. The lowest BCUT2D eigenvalue weighted by Gasteiger charge is -2.16. The fourth-order valence-corrected chi connectivity index (χ4v) is 2.31. The summed E-state index contributed by atoms with van der Waals surface area (Å²) in [5.74, 6) is -1.99. The standard InChI is InChI=1S/C20H21FN2O4/c1-13(22-20(26)15-7-4-3-5-8-15)11-18(24)27-14(2)19(25)23-17-10-6-9-16(21)12-17/h3-10,12-14H,11H2,1-2H3,(H,22,26)(H,23,25). The van der Waals surface area contributed by atoms with E-state index < -0.39 is 29.8 Å². The van der Waals surface area contributed by atoms with Gasteiger partial charge in [0.15, 0.2) is 6.10 Å². The third-order valence-electron chi connectivity index (χ3n) is 3.66. The molecule has 2 rings (SSSR count). The van der Waals surface area contributed by atoms with Crippen LogP contribution in [0, 0.1) is 5.82 Å². The van der Waals surface area contributed by atoms with Crippen LogP contribution in [0.1, 0.15) is 30.6 Å². The Kier molecular flexibility index (Phi) is 7.05. The Labute approximate surface area is 156 Å². The van der Waals surface area contributed by atoms with Gasteiger partial charge in [0.05, 0.1) is 6.42 Å². The van der Waals surface area contributed by atoms with Crippen molar-refractivity contribution < 1.29 is 23.5 Å². The molecule has 6 nitrogen and oxygen atoms in total. The summed E-state index contributed by atoms with van der Waals surface area (Å²) < 4.78 is 18.2. The van der Waals surface area contributed by atoms with Gasteiger partial charge < -0.3 is 15.4 Å². The van der Waals surface area contributed by atoms with E-state index in [1.54, 1.807) is 37.3 Å². The summed E-state index contributed by atoms with van der Waals surface area (Å²) in [6, 6.07) is 13.5. The second-order valence-electron chi connectivity index (χ2n) is 6.08. The predicted octanol–water partition coefficient (Wildman–Crippen LogP) is 2.90. The maximum atomic E-state index is 13.1. The van der Waals surface area contributed by atoms with Gasteiger partial charge >= 0.3 is 5.97 Å². The average molecular weight is 372 g/mol. The Bertz CT molecular complexity index is 811. The van der Waals surface area contributed by atoms with Crippen molar-refractivity contribution in [1.29, 1.82) is 0 Å². The zero-order valence-corrected chi connectivity index (χ0v) is 15.1. The van der Waals surface area contributed by atoms with E-state index >= 15 is 0 Å². The molecule has 27 heavy (non-hydrogen) atoms. The van der Waals surface area contributed by atoms with Crippen molar-refractivity contribution in [2.24, 2.45) is 0 Å². The highest BCUT2D eigenvalue weighted by atomic mass is 19.1. The first kappa shape index (κ1) is 20.1. The van der Waals surface area contributed by atoms with Crippen LogP contribution in [0.2, 0.25) is 0 Å². The molecule has 2 atom stereocenters. The molecule has 0 fully saturated rings. The second kappa shape index (κ2) is 9.47. The summed E-state index contributed by atoms with van der Waals surface area (Å²) in [5.41, 5.74) is 0.756. The number of nitrogens with one attached hydrogen (secondary N) is 2. The maximum absolute atomic E-state index is 13.1. The second-order valence-corrected chi connectivity index (χ2v) is 6.08. The van der Waals surface area contributed by atoms with E-state index in [2.05, 4.69) is 10.6 Å². The molecular formula is C20H21FN2O4. The molecule has 0 aliphatic carbocycles. The Hall–Kier alpha value is -3.22. The monoisotopic (exact) mass is 372 g/mol. The van der Waals surface area contributed by atoms with Gasteiger partial charge in [-0.25, -0.2) is 4.39 Å². The molecule has 0 aliphatic heterocycles. The van der Waals surface area contributed by atoms with E-state index in [1.165, 1.54) is 25.1 Å². The Morgan fingerprint density at radius 3 is 2.41 bits per heavy atom. The quantitative estimate of drug-likeness (QED) is 0.732. The normalized spacial score (nSPS) is 12.6. The number of anilines is 1. The Balaban J connectivity index is 1.79. The number of carbonyl (C=O) groups excluding carboxylic acids is 3. The van der Waals surface area contributed by atoms with Gasteiger partial charge in [-0.15, -0.1) is 0 Å². The number of hydrogen-bond acceptors (Lipinski definition) is 4. The molecule has 2 aromatic carbocycles.